The van der Waals surface area contributed by atoms with E-state index in [1.807, 2.05) is 36.4 Å². The van der Waals surface area contributed by atoms with Crippen molar-refractivity contribution in [2.24, 2.45) is 0 Å². The maximum atomic E-state index is 12.9. The van der Waals surface area contributed by atoms with E-state index in [2.05, 4.69) is 30.1 Å². The number of hydrogen-bond acceptors (Lipinski definition) is 2. The molecule has 1 aliphatic carbocycles. The smallest absolute Gasteiger partial charge is 0.346 e. The van der Waals surface area contributed by atoms with Gasteiger partial charge in [-0.2, -0.15) is 13.2 Å². The molecule has 0 aromatic heterocycles. The molecule has 0 aliphatic heterocycles. The monoisotopic (exact) mass is 502 g/mol. The van der Waals surface area contributed by atoms with Gasteiger partial charge in [0.2, 0.25) is 5.91 Å². The van der Waals surface area contributed by atoms with Crippen molar-refractivity contribution in [1.82, 2.24) is 10.2 Å². The van der Waals surface area contributed by atoms with Gasteiger partial charge < -0.3 is 10.2 Å². The van der Waals surface area contributed by atoms with Crippen LogP contribution in [0.4, 0.5) is 13.2 Å². The van der Waals surface area contributed by atoms with Gasteiger partial charge >= 0.3 is 6.18 Å². The molecule has 6 heteroatoms. The van der Waals surface area contributed by atoms with Crippen molar-refractivity contribution in [2.75, 3.05) is 26.2 Å². The van der Waals surface area contributed by atoms with Gasteiger partial charge in [-0.05, 0) is 79.6 Å². The molecule has 0 heterocycles. The van der Waals surface area contributed by atoms with Crippen molar-refractivity contribution >= 4 is 5.91 Å². The molecular formula is C30H41F3N2O. The Bertz CT molecular complexity index is 963. The average molecular weight is 503 g/mol. The Hall–Kier alpha value is -2.34. The van der Waals surface area contributed by atoms with Crippen molar-refractivity contribution in [3.05, 3.63) is 59.2 Å². The second-order valence-electron chi connectivity index (χ2n) is 9.95. The first-order chi connectivity index (χ1) is 17.4. The Morgan fingerprint density at radius 2 is 1.44 bits per heavy atom. The van der Waals surface area contributed by atoms with E-state index in [9.17, 15) is 18.0 Å². The van der Waals surface area contributed by atoms with Gasteiger partial charge in [-0.25, -0.2) is 0 Å². The fourth-order valence-electron chi connectivity index (χ4n) is 5.27. The van der Waals surface area contributed by atoms with E-state index in [-0.39, 0.29) is 0 Å². The van der Waals surface area contributed by atoms with Gasteiger partial charge in [-0.15, -0.1) is 0 Å². The molecule has 0 saturated carbocycles. The fourth-order valence-corrected chi connectivity index (χ4v) is 5.27. The molecule has 1 atom stereocenters. The Morgan fingerprint density at radius 3 is 2.08 bits per heavy atom. The van der Waals surface area contributed by atoms with Crippen molar-refractivity contribution in [1.29, 1.82) is 0 Å². The predicted octanol–water partition coefficient (Wildman–Crippen LogP) is 7.48. The van der Waals surface area contributed by atoms with E-state index in [0.29, 0.717) is 0 Å². The Morgan fingerprint density at radius 1 is 0.833 bits per heavy atom. The lowest BCUT2D eigenvalue weighted by Gasteiger charge is -2.22. The van der Waals surface area contributed by atoms with Gasteiger partial charge in [0.1, 0.15) is 6.54 Å². The summed E-state index contributed by atoms with van der Waals surface area (Å²) in [5.74, 6) is -1.29. The van der Waals surface area contributed by atoms with Gasteiger partial charge in [0, 0.05) is 0 Å². The molecule has 0 bridgehead atoms. The number of fused-ring (bicyclic) bond motifs is 3. The Labute approximate surface area is 214 Å². The highest BCUT2D eigenvalue weighted by atomic mass is 19.4. The van der Waals surface area contributed by atoms with E-state index in [0.717, 1.165) is 48.1 Å². The third kappa shape index (κ3) is 7.83. The Kier molecular flexibility index (Phi) is 10.8. The van der Waals surface area contributed by atoms with Crippen molar-refractivity contribution in [2.45, 2.75) is 83.7 Å². The molecule has 3 rings (SSSR count). The lowest BCUT2D eigenvalue weighted by molar-refractivity contribution is -0.138. The lowest BCUT2D eigenvalue weighted by Crippen LogP contribution is -2.36. The predicted molar refractivity (Wildman–Crippen MR) is 141 cm³/mol. The summed E-state index contributed by atoms with van der Waals surface area (Å²) in [5.41, 5.74) is 4.78. The molecule has 2 aromatic carbocycles. The number of carbonyl (C=O) groups excluding carboxylic acids is 1. The molecule has 0 spiro atoms. The summed E-state index contributed by atoms with van der Waals surface area (Å²) in [4.78, 5) is 15.5. The summed E-state index contributed by atoms with van der Waals surface area (Å²) in [7, 11) is 0. The summed E-state index contributed by atoms with van der Waals surface area (Å²) < 4.78 is 38.2. The minimum absolute atomic E-state index is 0.592. The van der Waals surface area contributed by atoms with Crippen LogP contribution in [0.5, 0.6) is 0 Å². The number of halogens is 3. The second kappa shape index (κ2) is 13.8. The molecule has 1 unspecified atom stereocenters. The van der Waals surface area contributed by atoms with Crippen LogP contribution < -0.4 is 5.32 Å². The number of hydrogen-bond donors (Lipinski definition) is 1. The first kappa shape index (κ1) is 28.2. The number of alkyl halides is 3. The molecule has 1 amide bonds. The van der Waals surface area contributed by atoms with E-state index in [1.165, 1.54) is 57.2 Å². The minimum Gasteiger partial charge on any atom is -0.346 e. The number of nitrogens with one attached hydrogen (secondary N) is 1. The zero-order valence-electron chi connectivity index (χ0n) is 21.8. The minimum atomic E-state index is -4.43. The average Bonchev–Trinajstić information content (AvgIpc) is 3.20. The third-order valence-electron chi connectivity index (χ3n) is 7.09. The number of unbranched alkanes of at least 4 members (excludes halogenated alkanes) is 5. The van der Waals surface area contributed by atoms with Gasteiger partial charge in [-0.3, -0.25) is 4.79 Å². The largest absolute Gasteiger partial charge is 0.405 e. The summed E-state index contributed by atoms with van der Waals surface area (Å²) >= 11 is 0. The number of nitrogens with zero attached hydrogens (tertiary/aromatic N) is 1. The zero-order valence-corrected chi connectivity index (χ0v) is 21.8. The van der Waals surface area contributed by atoms with Crippen LogP contribution in [-0.4, -0.2) is 43.2 Å². The molecule has 0 saturated heterocycles. The van der Waals surface area contributed by atoms with Gasteiger partial charge in [0.15, 0.2) is 0 Å². The number of benzene rings is 2. The fraction of sp³-hybridized carbons (Fsp3) is 0.567. The highest BCUT2D eigenvalue weighted by Crippen LogP contribution is 2.46. The summed E-state index contributed by atoms with van der Waals surface area (Å²) in [6, 6.07) is 13.6. The molecular weight excluding hydrogens is 461 g/mol. The van der Waals surface area contributed by atoms with Crippen LogP contribution in [0.25, 0.3) is 11.1 Å². The van der Waals surface area contributed by atoms with E-state index >= 15 is 0 Å². The summed E-state index contributed by atoms with van der Waals surface area (Å²) in [6.07, 6.45) is 6.14. The van der Waals surface area contributed by atoms with E-state index in [4.69, 9.17) is 0 Å². The van der Waals surface area contributed by atoms with Crippen LogP contribution >= 0.6 is 0 Å². The first-order valence-electron chi connectivity index (χ1n) is 13.6. The molecule has 0 radical (unpaired) electrons. The normalized spacial score (nSPS) is 14.7. The molecule has 0 fully saturated rings. The third-order valence-corrected chi connectivity index (χ3v) is 7.09. The van der Waals surface area contributed by atoms with Gasteiger partial charge in [0.25, 0.3) is 0 Å². The van der Waals surface area contributed by atoms with E-state index in [1.54, 1.807) is 0 Å². The van der Waals surface area contributed by atoms with Crippen LogP contribution in [0.1, 0.15) is 87.8 Å². The maximum Gasteiger partial charge on any atom is 0.405 e. The van der Waals surface area contributed by atoms with Crippen molar-refractivity contribution in [3.63, 3.8) is 0 Å². The SMILES string of the molecule is CCCCCN(CCCCC)CCCCc1cccc2c1-c1ccccc1C2C(=O)NCC(F)(F)F. The maximum absolute atomic E-state index is 12.9. The Balaban J connectivity index is 1.68. The van der Waals surface area contributed by atoms with Crippen LogP contribution in [0, 0.1) is 0 Å². The molecule has 1 N–H and O–H groups in total. The lowest BCUT2D eigenvalue weighted by atomic mass is 9.93. The molecule has 2 aromatic rings. The van der Waals surface area contributed by atoms with Crippen molar-refractivity contribution < 1.29 is 18.0 Å². The van der Waals surface area contributed by atoms with Crippen LogP contribution in [-0.2, 0) is 11.2 Å². The summed E-state index contributed by atoms with van der Waals surface area (Å²) in [5, 5.41) is 2.10. The first-order valence-corrected chi connectivity index (χ1v) is 13.6. The number of amides is 1. The van der Waals surface area contributed by atoms with Crippen LogP contribution in [0.2, 0.25) is 0 Å². The highest BCUT2D eigenvalue weighted by Gasteiger charge is 2.36. The number of carbonyl (C=O) groups is 1. The van der Waals surface area contributed by atoms with Crippen LogP contribution in [0.15, 0.2) is 42.5 Å². The molecule has 1 aliphatic rings. The van der Waals surface area contributed by atoms with Gasteiger partial charge in [-0.1, -0.05) is 82.0 Å². The molecule has 3 nitrogen and oxygen atoms in total. The van der Waals surface area contributed by atoms with E-state index < -0.39 is 24.5 Å². The topological polar surface area (TPSA) is 32.3 Å². The number of rotatable bonds is 15. The molecule has 36 heavy (non-hydrogen) atoms. The summed E-state index contributed by atoms with van der Waals surface area (Å²) in [6.45, 7) is 6.60. The highest BCUT2D eigenvalue weighted by molar-refractivity contribution is 5.97. The standard InChI is InChI=1S/C30H41F3N2O/c1-3-5-10-19-35(20-11-6-4-2)21-12-9-14-23-15-13-18-26-27(23)24-16-7-8-17-25(24)28(26)29(36)34-22-30(31,32)33/h7-8,13,15-18,28H,3-6,9-12,14,19-22H2,1-2H3,(H,34,36). The second-order valence-corrected chi connectivity index (χ2v) is 9.95. The molecule has 198 valence electrons. The van der Waals surface area contributed by atoms with Gasteiger partial charge in [0.05, 0.1) is 5.92 Å². The quantitative estimate of drug-likeness (QED) is 0.256. The number of aryl methyl sites for hydroxylation is 1. The van der Waals surface area contributed by atoms with Crippen molar-refractivity contribution in [3.8, 4) is 11.1 Å². The van der Waals surface area contributed by atoms with Crippen LogP contribution in [0.3, 0.4) is 0 Å². The zero-order chi connectivity index (χ0) is 26.0.